The van der Waals surface area contributed by atoms with Crippen LogP contribution in [0.1, 0.15) is 17.7 Å². The molecule has 0 aliphatic carbocycles. The Labute approximate surface area is 160 Å². The van der Waals surface area contributed by atoms with Crippen molar-refractivity contribution in [2.24, 2.45) is 0 Å². The van der Waals surface area contributed by atoms with Gasteiger partial charge in [0, 0.05) is 18.7 Å². The third-order valence-corrected chi connectivity index (χ3v) is 5.04. The summed E-state index contributed by atoms with van der Waals surface area (Å²) in [5, 5.41) is 4.10. The van der Waals surface area contributed by atoms with Crippen molar-refractivity contribution in [2.75, 3.05) is 44.7 Å². The smallest absolute Gasteiger partial charge is 0.173 e. The van der Waals surface area contributed by atoms with Gasteiger partial charge in [-0.2, -0.15) is 0 Å². The zero-order valence-corrected chi connectivity index (χ0v) is 16.2. The Balaban J connectivity index is 1.56. The molecule has 3 rings (SSSR count). The van der Waals surface area contributed by atoms with E-state index in [9.17, 15) is 0 Å². The van der Waals surface area contributed by atoms with E-state index < -0.39 is 0 Å². The number of ether oxygens (including phenoxy) is 1. The fraction of sp³-hybridized carbons (Fsp3) is 0.450. The van der Waals surface area contributed by atoms with E-state index in [0.717, 1.165) is 62.4 Å². The molecule has 0 saturated carbocycles. The second kappa shape index (κ2) is 9.71. The lowest BCUT2D eigenvalue weighted by Gasteiger charge is -2.27. The molecule has 26 heavy (non-hydrogen) atoms. The number of hydrogen-bond donors (Lipinski definition) is 2. The summed E-state index contributed by atoms with van der Waals surface area (Å²) in [6.45, 7) is 8.77. The summed E-state index contributed by atoms with van der Waals surface area (Å²) in [6.07, 6.45) is 2.80. The summed E-state index contributed by atoms with van der Waals surface area (Å²) in [6, 6.07) is 12.2. The van der Waals surface area contributed by atoms with Crippen LogP contribution >= 0.6 is 12.2 Å². The van der Waals surface area contributed by atoms with Gasteiger partial charge in [-0.25, -0.2) is 0 Å². The van der Waals surface area contributed by atoms with E-state index >= 15 is 0 Å². The van der Waals surface area contributed by atoms with Crippen LogP contribution in [0.2, 0.25) is 0 Å². The number of hydrogen-bond acceptors (Lipinski definition) is 3. The molecular weight excluding hydrogens is 346 g/mol. The number of aryl methyl sites for hydroxylation is 1. The van der Waals surface area contributed by atoms with Gasteiger partial charge in [0.25, 0.3) is 0 Å². The van der Waals surface area contributed by atoms with Gasteiger partial charge in [-0.05, 0) is 43.4 Å². The van der Waals surface area contributed by atoms with Crippen molar-refractivity contribution in [1.29, 1.82) is 0 Å². The van der Waals surface area contributed by atoms with Crippen molar-refractivity contribution >= 4 is 23.0 Å². The molecule has 1 aromatic carbocycles. The molecule has 1 aliphatic rings. The van der Waals surface area contributed by atoms with Crippen LogP contribution in [0.15, 0.2) is 47.1 Å². The highest BCUT2D eigenvalue weighted by Gasteiger charge is 2.16. The fourth-order valence-corrected chi connectivity index (χ4v) is 3.39. The molecule has 0 amide bonds. The second-order valence-corrected chi connectivity index (χ2v) is 7.15. The SMILES string of the molecule is Cc1ccc(NC(=S)N(CCC[NH+]2CCOCC2)Cc2ccco2)cc1. The average Bonchev–Trinajstić information content (AvgIpc) is 3.17. The molecule has 1 fully saturated rings. The van der Waals surface area contributed by atoms with E-state index in [2.05, 4.69) is 41.4 Å². The normalized spacial score (nSPS) is 15.0. The van der Waals surface area contributed by atoms with E-state index in [1.807, 2.05) is 12.1 Å². The molecule has 2 N–H and O–H groups in total. The maximum Gasteiger partial charge on any atom is 0.173 e. The Bertz CT molecular complexity index is 667. The summed E-state index contributed by atoms with van der Waals surface area (Å²) < 4.78 is 11.0. The first-order valence-corrected chi connectivity index (χ1v) is 9.68. The molecule has 2 heterocycles. The van der Waals surface area contributed by atoms with Crippen LogP contribution < -0.4 is 10.2 Å². The van der Waals surface area contributed by atoms with E-state index in [-0.39, 0.29) is 0 Å². The summed E-state index contributed by atoms with van der Waals surface area (Å²) in [7, 11) is 0. The molecule has 5 nitrogen and oxygen atoms in total. The number of morpholine rings is 1. The lowest BCUT2D eigenvalue weighted by atomic mass is 10.2. The Morgan fingerprint density at radius 3 is 2.65 bits per heavy atom. The largest absolute Gasteiger partial charge is 0.467 e. The molecule has 1 aliphatic heterocycles. The van der Waals surface area contributed by atoms with Gasteiger partial charge in [-0.15, -0.1) is 0 Å². The molecule has 1 saturated heterocycles. The number of anilines is 1. The predicted molar refractivity (Wildman–Crippen MR) is 108 cm³/mol. The van der Waals surface area contributed by atoms with Gasteiger partial charge in [0.1, 0.15) is 18.8 Å². The molecule has 1 aromatic heterocycles. The highest BCUT2D eigenvalue weighted by Crippen LogP contribution is 2.12. The van der Waals surface area contributed by atoms with E-state index in [0.29, 0.717) is 6.54 Å². The molecule has 0 spiro atoms. The molecule has 6 heteroatoms. The van der Waals surface area contributed by atoms with Crippen molar-refractivity contribution in [3.8, 4) is 0 Å². The minimum atomic E-state index is 0.684. The van der Waals surface area contributed by atoms with Crippen LogP contribution in [0.3, 0.4) is 0 Å². The van der Waals surface area contributed by atoms with Crippen LogP contribution in [0.4, 0.5) is 5.69 Å². The Kier molecular flexibility index (Phi) is 7.05. The molecule has 0 unspecified atom stereocenters. The quantitative estimate of drug-likeness (QED) is 0.727. The first-order valence-electron chi connectivity index (χ1n) is 9.27. The van der Waals surface area contributed by atoms with Crippen LogP contribution in [-0.2, 0) is 11.3 Å². The van der Waals surface area contributed by atoms with Gasteiger partial charge in [-0.1, -0.05) is 17.7 Å². The first-order chi connectivity index (χ1) is 12.7. The second-order valence-electron chi connectivity index (χ2n) is 6.76. The third-order valence-electron chi connectivity index (χ3n) is 4.68. The zero-order valence-electron chi connectivity index (χ0n) is 15.4. The molecule has 140 valence electrons. The lowest BCUT2D eigenvalue weighted by molar-refractivity contribution is -0.908. The highest BCUT2D eigenvalue weighted by atomic mass is 32.1. The van der Waals surface area contributed by atoms with Crippen molar-refractivity contribution in [2.45, 2.75) is 19.9 Å². The monoisotopic (exact) mass is 374 g/mol. The Hall–Kier alpha value is -1.89. The minimum absolute atomic E-state index is 0.684. The zero-order chi connectivity index (χ0) is 18.2. The van der Waals surface area contributed by atoms with E-state index in [4.69, 9.17) is 21.4 Å². The number of nitrogens with one attached hydrogen (secondary N) is 2. The van der Waals surface area contributed by atoms with Crippen molar-refractivity contribution in [3.05, 3.63) is 54.0 Å². The van der Waals surface area contributed by atoms with Gasteiger partial charge in [-0.3, -0.25) is 0 Å². The molecular formula is C20H28N3O2S+. The maximum absolute atomic E-state index is 5.68. The van der Waals surface area contributed by atoms with Crippen molar-refractivity contribution < 1.29 is 14.1 Å². The standard InChI is InChI=1S/C20H27N3O2S/c1-17-5-7-18(8-6-17)21-20(26)23(16-19-4-2-13-25-19)10-3-9-22-11-14-24-15-12-22/h2,4-8,13H,3,9-12,14-16H2,1H3,(H,21,26)/p+1. The predicted octanol–water partition coefficient (Wildman–Crippen LogP) is 2.09. The maximum atomic E-state index is 5.68. The van der Waals surface area contributed by atoms with Gasteiger partial charge in [0.2, 0.25) is 0 Å². The van der Waals surface area contributed by atoms with E-state index in [1.165, 1.54) is 5.56 Å². The van der Waals surface area contributed by atoms with E-state index in [1.54, 1.807) is 11.2 Å². The van der Waals surface area contributed by atoms with Gasteiger partial charge in [0.15, 0.2) is 5.11 Å². The summed E-state index contributed by atoms with van der Waals surface area (Å²) >= 11 is 5.68. The van der Waals surface area contributed by atoms with Crippen LogP contribution in [0.5, 0.6) is 0 Å². The van der Waals surface area contributed by atoms with Crippen molar-refractivity contribution in [3.63, 3.8) is 0 Å². The number of thiocarbonyl (C=S) groups is 1. The minimum Gasteiger partial charge on any atom is -0.467 e. The topological polar surface area (TPSA) is 42.1 Å². The van der Waals surface area contributed by atoms with Crippen molar-refractivity contribution in [1.82, 2.24) is 4.90 Å². The molecule has 2 aromatic rings. The Morgan fingerprint density at radius 1 is 1.19 bits per heavy atom. The fourth-order valence-electron chi connectivity index (χ4n) is 3.11. The van der Waals surface area contributed by atoms with Crippen LogP contribution in [0.25, 0.3) is 0 Å². The Morgan fingerprint density at radius 2 is 1.96 bits per heavy atom. The number of benzene rings is 1. The summed E-state index contributed by atoms with van der Waals surface area (Å²) in [4.78, 5) is 3.81. The van der Waals surface area contributed by atoms with Crippen LogP contribution in [-0.4, -0.2) is 49.4 Å². The number of furan rings is 1. The lowest BCUT2D eigenvalue weighted by Crippen LogP contribution is -3.14. The first kappa shape index (κ1) is 18.9. The average molecular weight is 375 g/mol. The van der Waals surface area contributed by atoms with Gasteiger partial charge in [0.05, 0.1) is 32.6 Å². The number of rotatable bonds is 7. The molecule has 0 bridgehead atoms. The van der Waals surface area contributed by atoms with Crippen LogP contribution in [0, 0.1) is 6.92 Å². The summed E-state index contributed by atoms with van der Waals surface area (Å²) in [5.41, 5.74) is 2.26. The summed E-state index contributed by atoms with van der Waals surface area (Å²) in [5.74, 6) is 0.928. The number of quaternary nitrogens is 1. The third kappa shape index (κ3) is 5.83. The number of nitrogens with zero attached hydrogens (tertiary/aromatic N) is 1. The van der Waals surface area contributed by atoms with Gasteiger partial charge < -0.3 is 24.3 Å². The molecule has 0 radical (unpaired) electrons. The molecule has 0 atom stereocenters. The van der Waals surface area contributed by atoms with Gasteiger partial charge >= 0.3 is 0 Å². The highest BCUT2D eigenvalue weighted by molar-refractivity contribution is 7.80.